The van der Waals surface area contributed by atoms with Gasteiger partial charge in [-0.3, -0.25) is 9.59 Å². The van der Waals surface area contributed by atoms with Gasteiger partial charge in [-0.1, -0.05) is 13.8 Å². The summed E-state index contributed by atoms with van der Waals surface area (Å²) in [6, 6.07) is 5.82. The van der Waals surface area contributed by atoms with Gasteiger partial charge in [-0.2, -0.15) is 0 Å². The van der Waals surface area contributed by atoms with Crippen LogP contribution in [0.1, 0.15) is 56.5 Å². The molecule has 27 heavy (non-hydrogen) atoms. The zero-order valence-corrected chi connectivity index (χ0v) is 17.4. The zero-order valence-electron chi connectivity index (χ0n) is 17.4. The number of rotatable bonds is 5. The standard InChI is InChI=1S/C22H33N3O2/c1-6-25(7-2)20(26)17-8-9-19-18(14-17)22(21(27)23(19)5)10-12-24(13-11-22)15-16(3)4/h8-9,14,16H,6-7,10-13,15H2,1-5H3. The van der Waals surface area contributed by atoms with Gasteiger partial charge in [0, 0.05) is 37.9 Å². The third-order valence-corrected chi connectivity index (χ3v) is 6.22. The molecule has 1 saturated heterocycles. The summed E-state index contributed by atoms with van der Waals surface area (Å²) in [5.41, 5.74) is 2.26. The van der Waals surface area contributed by atoms with Crippen LogP contribution in [0, 0.1) is 5.92 Å². The minimum absolute atomic E-state index is 0.0530. The molecule has 1 aromatic rings. The van der Waals surface area contributed by atoms with Crippen molar-refractivity contribution in [2.45, 2.75) is 46.0 Å². The maximum Gasteiger partial charge on any atom is 0.253 e. The highest BCUT2D eigenvalue weighted by Gasteiger charge is 2.51. The topological polar surface area (TPSA) is 43.9 Å². The minimum Gasteiger partial charge on any atom is -0.339 e. The number of likely N-dealkylation sites (tertiary alicyclic amines) is 1. The Morgan fingerprint density at radius 1 is 1.19 bits per heavy atom. The van der Waals surface area contributed by atoms with Crippen LogP contribution in [-0.2, 0) is 10.2 Å². The van der Waals surface area contributed by atoms with Crippen molar-refractivity contribution in [3.63, 3.8) is 0 Å². The number of piperidine rings is 1. The molecule has 2 aliphatic heterocycles. The van der Waals surface area contributed by atoms with Gasteiger partial charge < -0.3 is 14.7 Å². The molecule has 1 spiro atoms. The maximum absolute atomic E-state index is 13.2. The van der Waals surface area contributed by atoms with Crippen LogP contribution >= 0.6 is 0 Å². The Morgan fingerprint density at radius 2 is 1.81 bits per heavy atom. The van der Waals surface area contributed by atoms with Gasteiger partial charge in [-0.15, -0.1) is 0 Å². The fraction of sp³-hybridized carbons (Fsp3) is 0.636. The number of hydrogen-bond donors (Lipinski definition) is 0. The summed E-state index contributed by atoms with van der Waals surface area (Å²) in [7, 11) is 1.86. The van der Waals surface area contributed by atoms with Crippen LogP contribution in [0.5, 0.6) is 0 Å². The first-order valence-corrected chi connectivity index (χ1v) is 10.3. The second-order valence-corrected chi connectivity index (χ2v) is 8.35. The van der Waals surface area contributed by atoms with Crippen LogP contribution in [0.25, 0.3) is 0 Å². The van der Waals surface area contributed by atoms with Gasteiger partial charge in [0.25, 0.3) is 5.91 Å². The number of anilines is 1. The van der Waals surface area contributed by atoms with E-state index >= 15 is 0 Å². The fourth-order valence-electron chi connectivity index (χ4n) is 4.70. The highest BCUT2D eigenvalue weighted by Crippen LogP contribution is 2.47. The number of amides is 2. The molecule has 2 heterocycles. The first-order valence-electron chi connectivity index (χ1n) is 10.3. The quantitative estimate of drug-likeness (QED) is 0.799. The van der Waals surface area contributed by atoms with E-state index in [1.807, 2.05) is 44.0 Å². The van der Waals surface area contributed by atoms with E-state index in [2.05, 4.69) is 18.7 Å². The molecule has 0 bridgehead atoms. The summed E-state index contributed by atoms with van der Waals surface area (Å²) in [6.07, 6.45) is 1.66. The second kappa shape index (κ2) is 7.63. The molecule has 0 radical (unpaired) electrons. The van der Waals surface area contributed by atoms with E-state index in [0.717, 1.165) is 43.7 Å². The molecule has 5 nitrogen and oxygen atoms in total. The Kier molecular flexibility index (Phi) is 5.61. The smallest absolute Gasteiger partial charge is 0.253 e. The summed E-state index contributed by atoms with van der Waals surface area (Å²) in [5, 5.41) is 0. The number of nitrogens with zero attached hydrogens (tertiary/aromatic N) is 3. The number of likely N-dealkylation sites (N-methyl/N-ethyl adjacent to an activating group) is 1. The predicted molar refractivity (Wildman–Crippen MR) is 109 cm³/mol. The Hall–Kier alpha value is -1.88. The van der Waals surface area contributed by atoms with E-state index < -0.39 is 5.41 Å². The lowest BCUT2D eigenvalue weighted by molar-refractivity contribution is -0.124. The van der Waals surface area contributed by atoms with Gasteiger partial charge in [0.05, 0.1) is 5.41 Å². The Bertz CT molecular complexity index is 716. The van der Waals surface area contributed by atoms with Crippen LogP contribution < -0.4 is 4.90 Å². The van der Waals surface area contributed by atoms with Crippen molar-refractivity contribution in [3.05, 3.63) is 29.3 Å². The largest absolute Gasteiger partial charge is 0.339 e. The van der Waals surface area contributed by atoms with E-state index in [1.54, 1.807) is 4.90 Å². The van der Waals surface area contributed by atoms with Gasteiger partial charge in [0.15, 0.2) is 0 Å². The molecule has 0 saturated carbocycles. The number of hydrogen-bond acceptors (Lipinski definition) is 3. The summed E-state index contributed by atoms with van der Waals surface area (Å²) in [6.45, 7) is 12.8. The summed E-state index contributed by atoms with van der Waals surface area (Å²) >= 11 is 0. The normalized spacial score (nSPS) is 19.0. The Morgan fingerprint density at radius 3 is 2.37 bits per heavy atom. The SMILES string of the molecule is CCN(CC)C(=O)c1ccc2c(c1)C1(CCN(CC(C)C)CC1)C(=O)N2C. The Labute approximate surface area is 163 Å². The lowest BCUT2D eigenvalue weighted by Crippen LogP contribution is -2.48. The van der Waals surface area contributed by atoms with Crippen molar-refractivity contribution in [1.29, 1.82) is 0 Å². The van der Waals surface area contributed by atoms with Gasteiger partial charge >= 0.3 is 0 Å². The number of benzene rings is 1. The summed E-state index contributed by atoms with van der Waals surface area (Å²) in [5.74, 6) is 0.873. The highest BCUT2D eigenvalue weighted by molar-refractivity contribution is 6.09. The summed E-state index contributed by atoms with van der Waals surface area (Å²) < 4.78 is 0. The molecule has 148 valence electrons. The van der Waals surface area contributed by atoms with Gasteiger partial charge in [-0.25, -0.2) is 0 Å². The van der Waals surface area contributed by atoms with Crippen molar-refractivity contribution >= 4 is 17.5 Å². The highest BCUT2D eigenvalue weighted by atomic mass is 16.2. The molecular weight excluding hydrogens is 338 g/mol. The molecule has 2 aliphatic rings. The maximum atomic E-state index is 13.2. The molecule has 0 unspecified atom stereocenters. The molecule has 0 N–H and O–H groups in total. The molecule has 2 amide bonds. The van der Waals surface area contributed by atoms with Crippen molar-refractivity contribution in [3.8, 4) is 0 Å². The van der Waals surface area contributed by atoms with E-state index in [1.165, 1.54) is 0 Å². The first kappa shape index (κ1) is 19.9. The molecule has 0 atom stereocenters. The summed E-state index contributed by atoms with van der Waals surface area (Å²) in [4.78, 5) is 32.1. The van der Waals surface area contributed by atoms with Gasteiger partial charge in [0.2, 0.25) is 5.91 Å². The van der Waals surface area contributed by atoms with Crippen molar-refractivity contribution in [2.24, 2.45) is 5.92 Å². The zero-order chi connectivity index (χ0) is 19.8. The van der Waals surface area contributed by atoms with Crippen molar-refractivity contribution in [2.75, 3.05) is 44.7 Å². The lowest BCUT2D eigenvalue weighted by atomic mass is 9.73. The molecule has 5 heteroatoms. The molecule has 0 aliphatic carbocycles. The van der Waals surface area contributed by atoms with Crippen LogP contribution in [0.3, 0.4) is 0 Å². The second-order valence-electron chi connectivity index (χ2n) is 8.35. The van der Waals surface area contributed by atoms with Crippen LogP contribution in [0.2, 0.25) is 0 Å². The van der Waals surface area contributed by atoms with E-state index in [-0.39, 0.29) is 11.8 Å². The molecule has 1 fully saturated rings. The molecule has 0 aromatic heterocycles. The van der Waals surface area contributed by atoms with E-state index in [0.29, 0.717) is 24.6 Å². The lowest BCUT2D eigenvalue weighted by Gasteiger charge is -2.39. The number of carbonyl (C=O) groups is 2. The third kappa shape index (κ3) is 3.38. The van der Waals surface area contributed by atoms with Crippen molar-refractivity contribution in [1.82, 2.24) is 9.80 Å². The number of carbonyl (C=O) groups excluding carboxylic acids is 2. The first-order chi connectivity index (χ1) is 12.8. The van der Waals surface area contributed by atoms with Gasteiger partial charge in [-0.05, 0) is 69.5 Å². The van der Waals surface area contributed by atoms with Gasteiger partial charge in [0.1, 0.15) is 0 Å². The molecule has 3 rings (SSSR count). The van der Waals surface area contributed by atoms with E-state index in [4.69, 9.17) is 0 Å². The average molecular weight is 372 g/mol. The Balaban J connectivity index is 1.93. The van der Waals surface area contributed by atoms with Crippen LogP contribution in [0.4, 0.5) is 5.69 Å². The van der Waals surface area contributed by atoms with Crippen molar-refractivity contribution < 1.29 is 9.59 Å². The van der Waals surface area contributed by atoms with Crippen LogP contribution in [-0.4, -0.2) is 61.4 Å². The monoisotopic (exact) mass is 371 g/mol. The third-order valence-electron chi connectivity index (χ3n) is 6.22. The van der Waals surface area contributed by atoms with Crippen LogP contribution in [0.15, 0.2) is 18.2 Å². The number of fused-ring (bicyclic) bond motifs is 2. The molecule has 1 aromatic carbocycles. The fourth-order valence-corrected chi connectivity index (χ4v) is 4.70. The molecular formula is C22H33N3O2. The van der Waals surface area contributed by atoms with E-state index in [9.17, 15) is 9.59 Å². The predicted octanol–water partition coefficient (Wildman–Crippen LogP) is 3.13. The minimum atomic E-state index is -0.461. The average Bonchev–Trinajstić information content (AvgIpc) is 2.86.